The first kappa shape index (κ1) is 13.5. The highest BCUT2D eigenvalue weighted by atomic mass is 16.1. The maximum Gasteiger partial charge on any atom is 0.155 e. The third kappa shape index (κ3) is 2.56. The van der Waals surface area contributed by atoms with Crippen LogP contribution >= 0.6 is 0 Å². The first-order chi connectivity index (χ1) is 7.59. The molecule has 0 radical (unpaired) electrons. The molecule has 92 valence electrons. The van der Waals surface area contributed by atoms with Crippen molar-refractivity contribution >= 4 is 5.78 Å². The van der Waals surface area contributed by atoms with Crippen molar-refractivity contribution in [2.24, 2.45) is 11.3 Å². The van der Waals surface area contributed by atoms with Crippen LogP contribution in [0, 0.1) is 11.3 Å². The number of rotatable bonds is 5. The summed E-state index contributed by atoms with van der Waals surface area (Å²) >= 11 is 0. The van der Waals surface area contributed by atoms with Crippen molar-refractivity contribution in [2.75, 3.05) is 0 Å². The first-order valence-corrected chi connectivity index (χ1v) is 6.79. The Morgan fingerprint density at radius 2 is 1.88 bits per heavy atom. The van der Waals surface area contributed by atoms with E-state index in [-0.39, 0.29) is 5.78 Å². The van der Waals surface area contributed by atoms with E-state index in [1.807, 2.05) is 0 Å². The maximum atomic E-state index is 11.3. The van der Waals surface area contributed by atoms with E-state index in [9.17, 15) is 4.79 Å². The van der Waals surface area contributed by atoms with E-state index in [2.05, 4.69) is 26.8 Å². The van der Waals surface area contributed by atoms with Gasteiger partial charge in [0.2, 0.25) is 0 Å². The summed E-state index contributed by atoms with van der Waals surface area (Å²) < 4.78 is 0. The monoisotopic (exact) mass is 222 g/mol. The molecule has 0 N–H and O–H groups in total. The van der Waals surface area contributed by atoms with Gasteiger partial charge in [0, 0.05) is 0 Å². The van der Waals surface area contributed by atoms with E-state index in [0.717, 1.165) is 24.3 Å². The van der Waals surface area contributed by atoms with E-state index in [0.29, 0.717) is 5.41 Å². The van der Waals surface area contributed by atoms with Crippen molar-refractivity contribution in [3.05, 3.63) is 11.6 Å². The van der Waals surface area contributed by atoms with Crippen LogP contribution in [0.4, 0.5) is 0 Å². The Labute approximate surface area is 100 Å². The molecule has 1 atom stereocenters. The molecule has 0 aromatic heterocycles. The van der Waals surface area contributed by atoms with Gasteiger partial charge in [-0.1, -0.05) is 46.1 Å². The van der Waals surface area contributed by atoms with Crippen molar-refractivity contribution in [1.29, 1.82) is 0 Å². The summed E-state index contributed by atoms with van der Waals surface area (Å²) in [5.41, 5.74) is 1.58. The molecule has 1 heteroatoms. The Balaban J connectivity index is 2.75. The molecule has 0 aromatic rings. The minimum absolute atomic E-state index is 0.272. The number of Topliss-reactive ketones (excluding diaryl/α,β-unsaturated/α-hetero) is 1. The van der Waals surface area contributed by atoms with E-state index >= 15 is 0 Å². The molecular formula is C15H26O. The molecule has 0 bridgehead atoms. The van der Waals surface area contributed by atoms with Gasteiger partial charge >= 0.3 is 0 Å². The van der Waals surface area contributed by atoms with Crippen LogP contribution in [-0.4, -0.2) is 5.78 Å². The molecule has 1 aliphatic carbocycles. The molecule has 1 rings (SSSR count). The Morgan fingerprint density at radius 1 is 1.31 bits per heavy atom. The van der Waals surface area contributed by atoms with Crippen LogP contribution in [-0.2, 0) is 4.79 Å². The van der Waals surface area contributed by atoms with Gasteiger partial charge < -0.3 is 0 Å². The molecule has 0 amide bonds. The predicted molar refractivity (Wildman–Crippen MR) is 69.4 cm³/mol. The lowest BCUT2D eigenvalue weighted by atomic mass is 9.64. The first-order valence-electron chi connectivity index (χ1n) is 6.79. The van der Waals surface area contributed by atoms with Crippen LogP contribution in [0.1, 0.15) is 66.2 Å². The van der Waals surface area contributed by atoms with Gasteiger partial charge in [0.15, 0.2) is 5.78 Å². The van der Waals surface area contributed by atoms with Crippen LogP contribution in [0.3, 0.4) is 0 Å². The predicted octanol–water partition coefficient (Wildman–Crippen LogP) is 4.52. The van der Waals surface area contributed by atoms with E-state index in [1.54, 1.807) is 6.92 Å². The summed E-state index contributed by atoms with van der Waals surface area (Å²) in [4.78, 5) is 11.3. The van der Waals surface area contributed by atoms with Crippen molar-refractivity contribution in [3.63, 3.8) is 0 Å². The lowest BCUT2D eigenvalue weighted by molar-refractivity contribution is -0.113. The number of ketones is 1. The zero-order chi connectivity index (χ0) is 12.2. The fourth-order valence-corrected chi connectivity index (χ4v) is 3.33. The largest absolute Gasteiger partial charge is 0.295 e. The Bertz CT molecular complexity index is 263. The summed E-state index contributed by atoms with van der Waals surface area (Å²) in [5.74, 6) is 1.06. The Morgan fingerprint density at radius 3 is 2.19 bits per heavy atom. The molecule has 0 aromatic carbocycles. The summed E-state index contributed by atoms with van der Waals surface area (Å²) in [7, 11) is 0. The van der Waals surface area contributed by atoms with E-state index in [4.69, 9.17) is 0 Å². The second kappa shape index (κ2) is 5.65. The van der Waals surface area contributed by atoms with Gasteiger partial charge in [0.1, 0.15) is 0 Å². The smallest absolute Gasteiger partial charge is 0.155 e. The molecule has 1 nitrogen and oxygen atoms in total. The highest BCUT2D eigenvalue weighted by Crippen LogP contribution is 2.45. The summed E-state index contributed by atoms with van der Waals surface area (Å²) in [6.07, 6.45) is 9.34. The lowest BCUT2D eigenvalue weighted by Gasteiger charge is -2.40. The number of carbonyl (C=O) groups excluding carboxylic acids is 1. The van der Waals surface area contributed by atoms with E-state index in [1.165, 1.54) is 25.7 Å². The van der Waals surface area contributed by atoms with Crippen molar-refractivity contribution in [3.8, 4) is 0 Å². The van der Waals surface area contributed by atoms with Gasteiger partial charge in [0.25, 0.3) is 0 Å². The fourth-order valence-electron chi connectivity index (χ4n) is 3.33. The molecule has 0 fully saturated rings. The van der Waals surface area contributed by atoms with Gasteiger partial charge in [-0.05, 0) is 43.1 Å². The molecule has 1 aliphatic rings. The van der Waals surface area contributed by atoms with Crippen LogP contribution < -0.4 is 0 Å². The third-order valence-corrected chi connectivity index (χ3v) is 4.84. The van der Waals surface area contributed by atoms with Crippen molar-refractivity contribution < 1.29 is 4.79 Å². The molecular weight excluding hydrogens is 196 g/mol. The van der Waals surface area contributed by atoms with Crippen molar-refractivity contribution in [2.45, 2.75) is 66.2 Å². The van der Waals surface area contributed by atoms with Gasteiger partial charge in [-0.25, -0.2) is 0 Å². The maximum absolute atomic E-state index is 11.3. The highest BCUT2D eigenvalue weighted by molar-refractivity contribution is 5.93. The molecule has 0 aliphatic heterocycles. The summed E-state index contributed by atoms with van der Waals surface area (Å²) in [6.45, 7) is 8.64. The van der Waals surface area contributed by atoms with E-state index < -0.39 is 0 Å². The Hall–Kier alpha value is -0.590. The minimum atomic E-state index is 0.272. The average molecular weight is 222 g/mol. The van der Waals surface area contributed by atoms with Gasteiger partial charge in [-0.2, -0.15) is 0 Å². The van der Waals surface area contributed by atoms with Gasteiger partial charge in [-0.3, -0.25) is 4.79 Å². The second-order valence-electron chi connectivity index (χ2n) is 5.18. The minimum Gasteiger partial charge on any atom is -0.295 e. The third-order valence-electron chi connectivity index (χ3n) is 4.84. The van der Waals surface area contributed by atoms with Gasteiger partial charge in [0.05, 0.1) is 0 Å². The lowest BCUT2D eigenvalue weighted by Crippen LogP contribution is -2.30. The molecule has 16 heavy (non-hydrogen) atoms. The number of allylic oxidation sites excluding steroid dienone is 2. The molecule has 0 spiro atoms. The summed E-state index contributed by atoms with van der Waals surface area (Å²) in [5, 5.41) is 0. The summed E-state index contributed by atoms with van der Waals surface area (Å²) in [6, 6.07) is 0. The number of hydrogen-bond donors (Lipinski definition) is 0. The average Bonchev–Trinajstić information content (AvgIpc) is 2.33. The van der Waals surface area contributed by atoms with Crippen LogP contribution in [0.15, 0.2) is 11.6 Å². The topological polar surface area (TPSA) is 17.1 Å². The number of hydrogen-bond acceptors (Lipinski definition) is 1. The standard InChI is InChI=1S/C15H26O/c1-5-15(6-2,7-3)14-10-8-13(9-11-14)12(4)16/h8,14H,5-7,9-11H2,1-4H3. The van der Waals surface area contributed by atoms with Gasteiger partial charge in [-0.15, -0.1) is 0 Å². The molecule has 0 saturated heterocycles. The quantitative estimate of drug-likeness (QED) is 0.668. The molecule has 0 saturated carbocycles. The zero-order valence-electron chi connectivity index (χ0n) is 11.3. The number of carbonyl (C=O) groups is 1. The fraction of sp³-hybridized carbons (Fsp3) is 0.800. The second-order valence-corrected chi connectivity index (χ2v) is 5.18. The van der Waals surface area contributed by atoms with Crippen LogP contribution in [0.2, 0.25) is 0 Å². The van der Waals surface area contributed by atoms with Crippen LogP contribution in [0.25, 0.3) is 0 Å². The molecule has 0 heterocycles. The highest BCUT2D eigenvalue weighted by Gasteiger charge is 2.34. The normalized spacial score (nSPS) is 21.8. The molecule has 1 unspecified atom stereocenters. The van der Waals surface area contributed by atoms with Crippen LogP contribution in [0.5, 0.6) is 0 Å². The van der Waals surface area contributed by atoms with Crippen molar-refractivity contribution in [1.82, 2.24) is 0 Å². The Kier molecular flexibility index (Phi) is 4.76. The zero-order valence-corrected chi connectivity index (χ0v) is 11.3. The SMILES string of the molecule is CCC(CC)(CC)C1CC=C(C(C)=O)CC1.